The van der Waals surface area contributed by atoms with Crippen molar-refractivity contribution >= 4 is 35.6 Å². The summed E-state index contributed by atoms with van der Waals surface area (Å²) in [5.41, 5.74) is 5.62. The average Bonchev–Trinajstić information content (AvgIpc) is 2.76. The molecule has 3 atom stereocenters. The monoisotopic (exact) mass is 482 g/mol. The number of rotatable bonds is 14. The maximum Gasteiger partial charge on any atom is 0.326 e. The number of aliphatic carboxylic acids is 3. The van der Waals surface area contributed by atoms with Crippen molar-refractivity contribution in [2.24, 2.45) is 5.73 Å². The summed E-state index contributed by atoms with van der Waals surface area (Å²) < 4.78 is 0. The molecule has 0 saturated carbocycles. The van der Waals surface area contributed by atoms with Crippen molar-refractivity contribution in [3.8, 4) is 5.75 Å². The molecule has 0 saturated heterocycles. The molecule has 34 heavy (non-hydrogen) atoms. The molecule has 0 radical (unpaired) electrons. The molecule has 0 aliphatic heterocycles. The number of benzene rings is 1. The number of nitrogens with two attached hydrogens (primary N) is 1. The van der Waals surface area contributed by atoms with E-state index in [2.05, 4.69) is 16.0 Å². The zero-order valence-electron chi connectivity index (χ0n) is 17.9. The summed E-state index contributed by atoms with van der Waals surface area (Å²) in [5.74, 6) is -7.19. The van der Waals surface area contributed by atoms with Gasteiger partial charge in [-0.1, -0.05) is 12.1 Å². The molecule has 1 rings (SSSR count). The number of carboxylic acid groups (broad SMARTS) is 3. The second kappa shape index (κ2) is 13.4. The van der Waals surface area contributed by atoms with Gasteiger partial charge in [-0.15, -0.1) is 0 Å². The highest BCUT2D eigenvalue weighted by molar-refractivity contribution is 5.95. The number of hydrogen-bond acceptors (Lipinski definition) is 8. The van der Waals surface area contributed by atoms with Crippen LogP contribution in [0.1, 0.15) is 24.8 Å². The summed E-state index contributed by atoms with van der Waals surface area (Å²) in [5, 5.41) is 43.1. The van der Waals surface area contributed by atoms with Crippen LogP contribution in [-0.4, -0.2) is 80.7 Å². The van der Waals surface area contributed by atoms with E-state index in [1.54, 1.807) is 0 Å². The fourth-order valence-corrected chi connectivity index (χ4v) is 2.79. The summed E-state index contributed by atoms with van der Waals surface area (Å²) in [6.45, 7) is -0.507. The molecule has 3 unspecified atom stereocenters. The number of phenolic OH excluding ortho intramolecular Hbond substituents is 1. The molecular formula is C20H26N4O10. The van der Waals surface area contributed by atoms with Crippen molar-refractivity contribution in [1.82, 2.24) is 16.0 Å². The Labute approximate surface area is 193 Å². The highest BCUT2D eigenvalue weighted by Gasteiger charge is 2.31. The van der Waals surface area contributed by atoms with Crippen molar-refractivity contribution in [1.29, 1.82) is 0 Å². The Balaban J connectivity index is 2.99. The zero-order chi connectivity index (χ0) is 25.8. The Morgan fingerprint density at radius 2 is 1.35 bits per heavy atom. The lowest BCUT2D eigenvalue weighted by Crippen LogP contribution is -2.57. The molecule has 186 valence electrons. The van der Waals surface area contributed by atoms with Gasteiger partial charge in [-0.05, 0) is 24.1 Å². The van der Waals surface area contributed by atoms with Gasteiger partial charge >= 0.3 is 17.9 Å². The summed E-state index contributed by atoms with van der Waals surface area (Å²) in [4.78, 5) is 70.4. The molecule has 0 aromatic heterocycles. The van der Waals surface area contributed by atoms with E-state index in [0.29, 0.717) is 5.56 Å². The van der Waals surface area contributed by atoms with Gasteiger partial charge in [-0.3, -0.25) is 24.0 Å². The molecule has 14 heteroatoms. The van der Waals surface area contributed by atoms with Gasteiger partial charge < -0.3 is 42.1 Å². The molecule has 0 spiro atoms. The third kappa shape index (κ3) is 9.95. The van der Waals surface area contributed by atoms with Gasteiger partial charge in [0.05, 0.1) is 13.0 Å². The molecule has 3 amide bonds. The fraction of sp³-hybridized carbons (Fsp3) is 0.400. The molecule has 0 fully saturated rings. The number of carbonyl (C=O) groups excluding carboxylic acids is 3. The molecule has 0 aliphatic carbocycles. The van der Waals surface area contributed by atoms with Gasteiger partial charge in [0.25, 0.3) is 0 Å². The molecule has 0 aliphatic rings. The van der Waals surface area contributed by atoms with Crippen LogP contribution in [0.4, 0.5) is 0 Å². The minimum Gasteiger partial charge on any atom is -0.508 e. The maximum atomic E-state index is 12.6. The largest absolute Gasteiger partial charge is 0.508 e. The van der Waals surface area contributed by atoms with Gasteiger partial charge in [0.15, 0.2) is 0 Å². The standard InChI is InChI=1S/C20H26N4O10/c21-9-15(26)22-12(5-6-16(27)28)18(31)23-13(8-17(29)30)19(32)24-14(20(33)34)7-10-1-3-11(25)4-2-10/h1-4,12-14,25H,5-9,21H2,(H,22,26)(H,23,31)(H,24,32)(H,27,28)(H,29,30)(H,33,34). The van der Waals surface area contributed by atoms with Gasteiger partial charge in [0, 0.05) is 12.8 Å². The first-order valence-corrected chi connectivity index (χ1v) is 9.97. The Morgan fingerprint density at radius 3 is 1.85 bits per heavy atom. The smallest absolute Gasteiger partial charge is 0.326 e. The van der Waals surface area contributed by atoms with Crippen LogP contribution in [0.3, 0.4) is 0 Å². The number of aromatic hydroxyl groups is 1. The predicted molar refractivity (Wildman–Crippen MR) is 113 cm³/mol. The molecule has 1 aromatic carbocycles. The molecule has 1 aromatic rings. The Kier molecular flexibility index (Phi) is 10.9. The Bertz CT molecular complexity index is 918. The van der Waals surface area contributed by atoms with Crippen LogP contribution in [0.25, 0.3) is 0 Å². The minimum atomic E-state index is -1.73. The molecule has 0 heterocycles. The van der Waals surface area contributed by atoms with Crippen LogP contribution in [0.5, 0.6) is 5.75 Å². The third-order valence-corrected chi connectivity index (χ3v) is 4.49. The van der Waals surface area contributed by atoms with Crippen molar-refractivity contribution in [2.45, 2.75) is 43.8 Å². The van der Waals surface area contributed by atoms with E-state index in [4.69, 9.17) is 15.9 Å². The van der Waals surface area contributed by atoms with E-state index in [0.717, 1.165) is 0 Å². The van der Waals surface area contributed by atoms with Crippen LogP contribution in [0.15, 0.2) is 24.3 Å². The van der Waals surface area contributed by atoms with Crippen molar-refractivity contribution in [3.05, 3.63) is 29.8 Å². The first kappa shape index (κ1) is 27.8. The zero-order valence-corrected chi connectivity index (χ0v) is 17.9. The van der Waals surface area contributed by atoms with Crippen LogP contribution in [0.2, 0.25) is 0 Å². The summed E-state index contributed by atoms with van der Waals surface area (Å²) in [6, 6.07) is 0.844. The number of phenols is 1. The summed E-state index contributed by atoms with van der Waals surface area (Å²) in [6.07, 6.45) is -2.01. The van der Waals surface area contributed by atoms with Crippen LogP contribution >= 0.6 is 0 Å². The number of carbonyl (C=O) groups is 6. The topological polar surface area (TPSA) is 245 Å². The van der Waals surface area contributed by atoms with Gasteiger partial charge in [-0.2, -0.15) is 0 Å². The Morgan fingerprint density at radius 1 is 0.794 bits per heavy atom. The van der Waals surface area contributed by atoms with Crippen LogP contribution < -0.4 is 21.7 Å². The van der Waals surface area contributed by atoms with Crippen molar-refractivity contribution < 1.29 is 49.2 Å². The lowest BCUT2D eigenvalue weighted by Gasteiger charge is -2.23. The molecule has 14 nitrogen and oxygen atoms in total. The van der Waals surface area contributed by atoms with Gasteiger partial charge in [-0.25, -0.2) is 4.79 Å². The van der Waals surface area contributed by atoms with E-state index in [-0.39, 0.29) is 18.6 Å². The average molecular weight is 482 g/mol. The molecular weight excluding hydrogens is 456 g/mol. The second-order valence-electron chi connectivity index (χ2n) is 7.19. The molecule has 0 bridgehead atoms. The number of nitrogens with one attached hydrogen (secondary N) is 3. The summed E-state index contributed by atoms with van der Waals surface area (Å²) in [7, 11) is 0. The van der Waals surface area contributed by atoms with Crippen molar-refractivity contribution in [2.75, 3.05) is 6.54 Å². The van der Waals surface area contributed by atoms with Gasteiger partial charge in [0.2, 0.25) is 17.7 Å². The van der Waals surface area contributed by atoms with E-state index in [9.17, 15) is 39.0 Å². The molecule has 9 N–H and O–H groups in total. The van der Waals surface area contributed by atoms with Crippen molar-refractivity contribution in [3.63, 3.8) is 0 Å². The lowest BCUT2D eigenvalue weighted by atomic mass is 10.0. The SMILES string of the molecule is NCC(=O)NC(CCC(=O)O)C(=O)NC(CC(=O)O)C(=O)NC(Cc1ccc(O)cc1)C(=O)O. The first-order chi connectivity index (χ1) is 15.9. The van der Waals surface area contributed by atoms with E-state index in [1.807, 2.05) is 0 Å². The van der Waals surface area contributed by atoms with Gasteiger partial charge in [0.1, 0.15) is 23.9 Å². The second-order valence-corrected chi connectivity index (χ2v) is 7.19. The number of carboxylic acids is 3. The summed E-state index contributed by atoms with van der Waals surface area (Å²) >= 11 is 0. The third-order valence-electron chi connectivity index (χ3n) is 4.49. The number of hydrogen-bond donors (Lipinski definition) is 8. The quantitative estimate of drug-likeness (QED) is 0.141. The lowest BCUT2D eigenvalue weighted by molar-refractivity contribution is -0.143. The van der Waals surface area contributed by atoms with E-state index >= 15 is 0 Å². The first-order valence-electron chi connectivity index (χ1n) is 9.97. The van der Waals surface area contributed by atoms with Crippen LogP contribution in [0, 0.1) is 0 Å². The Hall–Kier alpha value is -4.20. The highest BCUT2D eigenvalue weighted by atomic mass is 16.4. The highest BCUT2D eigenvalue weighted by Crippen LogP contribution is 2.12. The number of amides is 3. The predicted octanol–water partition coefficient (Wildman–Crippen LogP) is -2.23. The fourth-order valence-electron chi connectivity index (χ4n) is 2.79. The van der Waals surface area contributed by atoms with E-state index in [1.165, 1.54) is 24.3 Å². The minimum absolute atomic E-state index is 0.0527. The van der Waals surface area contributed by atoms with Crippen LogP contribution in [-0.2, 0) is 35.2 Å². The maximum absolute atomic E-state index is 12.6. The van der Waals surface area contributed by atoms with E-state index < -0.39 is 73.1 Å². The normalized spacial score (nSPS) is 13.1.